The molecule has 1 amide bonds. The Labute approximate surface area is 171 Å². The lowest BCUT2D eigenvalue weighted by Gasteiger charge is -2.21. The van der Waals surface area contributed by atoms with E-state index in [1.807, 2.05) is 50.4 Å². The number of carbonyl (C=O) groups excluding carboxylic acids is 1. The van der Waals surface area contributed by atoms with E-state index in [1.54, 1.807) is 19.2 Å². The topological polar surface area (TPSA) is 83.1 Å². The van der Waals surface area contributed by atoms with Gasteiger partial charge in [0.15, 0.2) is 6.54 Å². The first-order valence-corrected chi connectivity index (χ1v) is 10.9. The molecule has 2 aromatic rings. The lowest BCUT2D eigenvalue weighted by atomic mass is 10.1. The number of nitrogens with zero attached hydrogens (tertiary/aromatic N) is 1. The second-order valence-electron chi connectivity index (χ2n) is 6.97. The predicted octanol–water partition coefficient (Wildman–Crippen LogP) is 2.63. The van der Waals surface area contributed by atoms with E-state index in [-0.39, 0.29) is 29.4 Å². The third-order valence-electron chi connectivity index (χ3n) is 4.57. The molecule has 1 atom stereocenters. The quantitative estimate of drug-likeness (QED) is 0.683. The molecule has 0 spiro atoms. The fourth-order valence-electron chi connectivity index (χ4n) is 2.58. The number of hydrogen-bond acceptors (Lipinski definition) is 3. The summed E-state index contributed by atoms with van der Waals surface area (Å²) in [5.41, 5.74) is 1.60. The molecule has 0 aliphatic heterocycles. The van der Waals surface area contributed by atoms with Crippen LogP contribution in [-0.4, -0.2) is 38.3 Å². The molecule has 2 rings (SSSR count). The minimum absolute atomic E-state index is 0.0866. The molecular formula is C20H27ClN3O3S+. The Hall–Kier alpha value is -1.93. The van der Waals surface area contributed by atoms with Gasteiger partial charge in [-0.15, -0.1) is 0 Å². The van der Waals surface area contributed by atoms with Gasteiger partial charge in [-0.2, -0.15) is 4.31 Å². The minimum Gasteiger partial charge on any atom is -0.333 e. The summed E-state index contributed by atoms with van der Waals surface area (Å²) in [6.45, 7) is 5.87. The number of nitrogens with two attached hydrogens (primary N) is 1. The average molecular weight is 425 g/mol. The van der Waals surface area contributed by atoms with Crippen molar-refractivity contribution in [2.24, 2.45) is 0 Å². The number of rotatable bonds is 8. The van der Waals surface area contributed by atoms with E-state index in [0.29, 0.717) is 10.7 Å². The van der Waals surface area contributed by atoms with Crippen molar-refractivity contribution in [1.29, 1.82) is 0 Å². The van der Waals surface area contributed by atoms with Gasteiger partial charge in [0, 0.05) is 29.4 Å². The van der Waals surface area contributed by atoms with Crippen LogP contribution in [-0.2, 0) is 14.8 Å². The van der Waals surface area contributed by atoms with Crippen molar-refractivity contribution in [3.63, 3.8) is 0 Å². The molecule has 152 valence electrons. The molecule has 2 aromatic carbocycles. The van der Waals surface area contributed by atoms with Crippen LogP contribution in [0.15, 0.2) is 53.4 Å². The van der Waals surface area contributed by atoms with Crippen LogP contribution in [0.2, 0.25) is 5.02 Å². The zero-order valence-corrected chi connectivity index (χ0v) is 18.1. The SMILES string of the molecule is CC(C)N(C)S(=O)(=O)c1ccc(NC(=O)C[NH2+][C@H](C)c2cccc(Cl)c2)cc1. The highest BCUT2D eigenvalue weighted by molar-refractivity contribution is 7.89. The van der Waals surface area contributed by atoms with E-state index in [1.165, 1.54) is 16.4 Å². The van der Waals surface area contributed by atoms with Gasteiger partial charge in [-0.25, -0.2) is 8.42 Å². The molecule has 8 heteroatoms. The highest BCUT2D eigenvalue weighted by Gasteiger charge is 2.23. The summed E-state index contributed by atoms with van der Waals surface area (Å²) in [5, 5.41) is 5.37. The Balaban J connectivity index is 1.94. The first-order chi connectivity index (χ1) is 13.1. The monoisotopic (exact) mass is 424 g/mol. The van der Waals surface area contributed by atoms with Crippen molar-refractivity contribution in [2.75, 3.05) is 18.9 Å². The van der Waals surface area contributed by atoms with E-state index < -0.39 is 10.0 Å². The lowest BCUT2D eigenvalue weighted by Crippen LogP contribution is -2.86. The van der Waals surface area contributed by atoms with Gasteiger partial charge < -0.3 is 10.6 Å². The highest BCUT2D eigenvalue weighted by Crippen LogP contribution is 2.19. The summed E-state index contributed by atoms with van der Waals surface area (Å²) >= 11 is 6.00. The number of quaternary nitrogens is 1. The second-order valence-corrected chi connectivity index (χ2v) is 9.40. The van der Waals surface area contributed by atoms with Gasteiger partial charge in [0.05, 0.1) is 4.90 Å². The fourth-order valence-corrected chi connectivity index (χ4v) is 4.14. The van der Waals surface area contributed by atoms with Crippen molar-refractivity contribution in [3.05, 3.63) is 59.1 Å². The number of carbonyl (C=O) groups is 1. The van der Waals surface area contributed by atoms with Gasteiger partial charge in [0.25, 0.3) is 5.91 Å². The summed E-state index contributed by atoms with van der Waals surface area (Å²) in [6.07, 6.45) is 0. The molecule has 0 saturated heterocycles. The zero-order valence-electron chi connectivity index (χ0n) is 16.5. The average Bonchev–Trinajstić information content (AvgIpc) is 2.65. The van der Waals surface area contributed by atoms with Crippen molar-refractivity contribution in [3.8, 4) is 0 Å². The van der Waals surface area contributed by atoms with E-state index >= 15 is 0 Å². The summed E-state index contributed by atoms with van der Waals surface area (Å²) < 4.78 is 26.2. The predicted molar refractivity (Wildman–Crippen MR) is 112 cm³/mol. The highest BCUT2D eigenvalue weighted by atomic mass is 35.5. The molecule has 28 heavy (non-hydrogen) atoms. The fraction of sp³-hybridized carbons (Fsp3) is 0.350. The largest absolute Gasteiger partial charge is 0.333 e. The van der Waals surface area contributed by atoms with Crippen LogP contribution >= 0.6 is 11.6 Å². The maximum Gasteiger partial charge on any atom is 0.279 e. The summed E-state index contributed by atoms with van der Waals surface area (Å²) in [6, 6.07) is 13.7. The van der Waals surface area contributed by atoms with Crippen LogP contribution in [0.4, 0.5) is 5.69 Å². The molecule has 0 heterocycles. The van der Waals surface area contributed by atoms with Gasteiger partial charge in [0.1, 0.15) is 6.04 Å². The number of anilines is 1. The van der Waals surface area contributed by atoms with Gasteiger partial charge in [-0.1, -0.05) is 23.7 Å². The Morgan fingerprint density at radius 1 is 1.14 bits per heavy atom. The van der Waals surface area contributed by atoms with E-state index in [2.05, 4.69) is 5.32 Å². The zero-order chi connectivity index (χ0) is 20.9. The lowest BCUT2D eigenvalue weighted by molar-refractivity contribution is -0.682. The number of halogens is 1. The molecule has 0 unspecified atom stereocenters. The van der Waals surface area contributed by atoms with Crippen LogP contribution in [0.5, 0.6) is 0 Å². The Kier molecular flexibility index (Phi) is 7.60. The molecular weight excluding hydrogens is 398 g/mol. The molecule has 0 saturated carbocycles. The van der Waals surface area contributed by atoms with Crippen LogP contribution in [0.1, 0.15) is 32.4 Å². The Morgan fingerprint density at radius 2 is 1.79 bits per heavy atom. The molecule has 0 aromatic heterocycles. The van der Waals surface area contributed by atoms with Crippen LogP contribution in [0.25, 0.3) is 0 Å². The molecule has 0 bridgehead atoms. The molecule has 0 aliphatic rings. The molecule has 6 nitrogen and oxygen atoms in total. The number of benzene rings is 2. The van der Waals surface area contributed by atoms with Gasteiger partial charge in [-0.05, 0) is 57.2 Å². The Bertz CT molecular complexity index is 915. The Morgan fingerprint density at radius 3 is 2.36 bits per heavy atom. The summed E-state index contributed by atoms with van der Waals surface area (Å²) in [4.78, 5) is 12.4. The van der Waals surface area contributed by atoms with Crippen molar-refractivity contribution in [1.82, 2.24) is 4.31 Å². The second kappa shape index (κ2) is 9.52. The maximum atomic E-state index is 12.5. The first-order valence-electron chi connectivity index (χ1n) is 9.08. The van der Waals surface area contributed by atoms with Gasteiger partial charge >= 0.3 is 0 Å². The van der Waals surface area contributed by atoms with Crippen molar-refractivity contribution >= 4 is 33.2 Å². The van der Waals surface area contributed by atoms with E-state index in [9.17, 15) is 13.2 Å². The van der Waals surface area contributed by atoms with Crippen molar-refractivity contribution in [2.45, 2.75) is 37.8 Å². The number of amides is 1. The van der Waals surface area contributed by atoms with Crippen LogP contribution < -0.4 is 10.6 Å². The number of sulfonamides is 1. The van der Waals surface area contributed by atoms with E-state index in [0.717, 1.165) is 5.56 Å². The third-order valence-corrected chi connectivity index (χ3v) is 6.86. The molecule has 3 N–H and O–H groups in total. The maximum absolute atomic E-state index is 12.5. The number of hydrogen-bond donors (Lipinski definition) is 2. The summed E-state index contributed by atoms with van der Waals surface area (Å²) in [7, 11) is -1.99. The molecule has 0 aliphatic carbocycles. The summed E-state index contributed by atoms with van der Waals surface area (Å²) in [5.74, 6) is -0.163. The smallest absolute Gasteiger partial charge is 0.279 e. The van der Waals surface area contributed by atoms with Crippen LogP contribution in [0, 0.1) is 0 Å². The van der Waals surface area contributed by atoms with E-state index in [4.69, 9.17) is 11.6 Å². The van der Waals surface area contributed by atoms with Crippen LogP contribution in [0.3, 0.4) is 0 Å². The normalized spacial score (nSPS) is 13.0. The first kappa shape index (κ1) is 22.4. The van der Waals surface area contributed by atoms with Gasteiger partial charge in [-0.3, -0.25) is 4.79 Å². The van der Waals surface area contributed by atoms with Crippen molar-refractivity contribution < 1.29 is 18.5 Å². The molecule has 0 fully saturated rings. The minimum atomic E-state index is -3.54. The molecule has 0 radical (unpaired) electrons. The standard InChI is InChI=1S/C20H26ClN3O3S/c1-14(2)24(4)28(26,27)19-10-8-18(9-11-19)23-20(25)13-22-15(3)16-6-5-7-17(21)12-16/h5-12,14-15,22H,13H2,1-4H3,(H,23,25)/p+1/t15-/m1/s1. The third kappa shape index (κ3) is 5.78. The van der Waals surface area contributed by atoms with Gasteiger partial charge in [0.2, 0.25) is 10.0 Å². The number of nitrogens with one attached hydrogen (secondary N) is 1.